The minimum Gasteiger partial charge on any atom is -0.423 e. The molecule has 3 nitrogen and oxygen atoms in total. The van der Waals surface area contributed by atoms with Crippen molar-refractivity contribution in [2.45, 2.75) is 42.8 Å². The van der Waals surface area contributed by atoms with E-state index in [4.69, 9.17) is 4.74 Å². The second kappa shape index (κ2) is 9.05. The molecule has 0 N–H and O–H groups in total. The monoisotopic (exact) mass is 381 g/mol. The van der Waals surface area contributed by atoms with E-state index in [1.54, 1.807) is 31.2 Å². The molecular weight excluding hydrogens is 356 g/mol. The molecule has 4 heteroatoms. The van der Waals surface area contributed by atoms with E-state index < -0.39 is 5.97 Å². The Morgan fingerprint density at radius 3 is 2.26 bits per heavy atom. The first-order valence-corrected chi connectivity index (χ1v) is 10.8. The van der Waals surface area contributed by atoms with Crippen LogP contribution in [0.3, 0.4) is 0 Å². The lowest BCUT2D eigenvalue weighted by molar-refractivity contribution is -0.130. The zero-order chi connectivity index (χ0) is 19.2. The van der Waals surface area contributed by atoms with E-state index in [0.29, 0.717) is 27.9 Å². The topological polar surface area (TPSA) is 43.4 Å². The predicted molar refractivity (Wildman–Crippen MR) is 110 cm³/mol. The van der Waals surface area contributed by atoms with Gasteiger partial charge in [0.1, 0.15) is 11.0 Å². The maximum Gasteiger partial charge on any atom is 0.338 e. The first-order chi connectivity index (χ1) is 13.0. The number of ether oxygens (including phenoxy) is 1. The van der Waals surface area contributed by atoms with Crippen LogP contribution in [0.25, 0.3) is 0 Å². The number of hydrogen-bond donors (Lipinski definition) is 0. The molecule has 27 heavy (non-hydrogen) atoms. The molecule has 0 aliphatic heterocycles. The molecular formula is C23H25O3S+. The average molecular weight is 382 g/mol. The van der Waals surface area contributed by atoms with Crippen LogP contribution in [0.1, 0.15) is 43.0 Å². The lowest BCUT2D eigenvalue weighted by Gasteiger charge is -2.14. The maximum absolute atomic E-state index is 12.9. The van der Waals surface area contributed by atoms with Crippen molar-refractivity contribution in [3.05, 3.63) is 72.3 Å². The summed E-state index contributed by atoms with van der Waals surface area (Å²) in [6.45, 7) is 5.17. The predicted octanol–water partition coefficient (Wildman–Crippen LogP) is 4.97. The molecule has 1 fully saturated rings. The van der Waals surface area contributed by atoms with Crippen LogP contribution in [0, 0.1) is 0 Å². The molecule has 0 amide bonds. The zero-order valence-corrected chi connectivity index (χ0v) is 16.5. The van der Waals surface area contributed by atoms with E-state index in [0.717, 1.165) is 0 Å². The summed E-state index contributed by atoms with van der Waals surface area (Å²) in [6, 6.07) is 17.2. The maximum atomic E-state index is 12.9. The van der Waals surface area contributed by atoms with Gasteiger partial charge in [0.05, 0.1) is 0 Å². The lowest BCUT2D eigenvalue weighted by Crippen LogP contribution is -2.26. The van der Waals surface area contributed by atoms with Crippen LogP contribution in [-0.4, -0.2) is 22.8 Å². The number of Topliss-reactive ketones (excluding diaryl/α,β-unsaturated/α-hetero) is 1. The van der Waals surface area contributed by atoms with Crippen molar-refractivity contribution < 1.29 is 14.3 Å². The number of ketones is 1. The van der Waals surface area contributed by atoms with Crippen molar-refractivity contribution in [1.82, 2.24) is 0 Å². The summed E-state index contributed by atoms with van der Waals surface area (Å²) in [4.78, 5) is 25.8. The molecule has 1 atom stereocenters. The van der Waals surface area contributed by atoms with Crippen molar-refractivity contribution in [2.24, 2.45) is 0 Å². The van der Waals surface area contributed by atoms with E-state index in [-0.39, 0.29) is 16.7 Å². The quantitative estimate of drug-likeness (QED) is 0.224. The van der Waals surface area contributed by atoms with Gasteiger partial charge < -0.3 is 4.74 Å². The van der Waals surface area contributed by atoms with Crippen molar-refractivity contribution in [1.29, 1.82) is 0 Å². The van der Waals surface area contributed by atoms with Gasteiger partial charge in [0.25, 0.3) is 0 Å². The molecule has 0 aromatic heterocycles. The molecule has 1 aliphatic rings. The van der Waals surface area contributed by atoms with Crippen LogP contribution in [0.15, 0.2) is 71.6 Å². The third-order valence-electron chi connectivity index (χ3n) is 4.77. The van der Waals surface area contributed by atoms with Gasteiger partial charge in [-0.15, -0.1) is 0 Å². The van der Waals surface area contributed by atoms with E-state index in [9.17, 15) is 9.59 Å². The van der Waals surface area contributed by atoms with Gasteiger partial charge in [-0.25, -0.2) is 4.79 Å². The van der Waals surface area contributed by atoms with Crippen molar-refractivity contribution >= 4 is 22.6 Å². The van der Waals surface area contributed by atoms with Crippen molar-refractivity contribution in [3.63, 3.8) is 0 Å². The van der Waals surface area contributed by atoms with Crippen LogP contribution >= 0.6 is 0 Å². The van der Waals surface area contributed by atoms with Crippen LogP contribution in [-0.2, 0) is 15.7 Å². The highest BCUT2D eigenvalue weighted by molar-refractivity contribution is 7.98. The molecule has 0 heterocycles. The van der Waals surface area contributed by atoms with Gasteiger partial charge in [0.2, 0.25) is 5.78 Å². The van der Waals surface area contributed by atoms with Crippen LogP contribution in [0.5, 0.6) is 5.75 Å². The average Bonchev–Trinajstić information content (AvgIpc) is 3.21. The van der Waals surface area contributed by atoms with Gasteiger partial charge in [0, 0.05) is 22.0 Å². The Bertz CT molecular complexity index is 805. The number of esters is 1. The third-order valence-corrected chi connectivity index (χ3v) is 7.50. The minimum atomic E-state index is -0.457. The summed E-state index contributed by atoms with van der Waals surface area (Å²) in [5.74, 6) is 0.657. The Labute approximate surface area is 163 Å². The first-order valence-electron chi connectivity index (χ1n) is 9.30. The Balaban J connectivity index is 1.72. The second-order valence-corrected chi connectivity index (χ2v) is 9.19. The van der Waals surface area contributed by atoms with Gasteiger partial charge in [-0.05, 0) is 69.0 Å². The SMILES string of the molecule is C=C(C)C(=O)Oc1ccc(C(=O)C[S+](c2ccccc2)C2CCCC2)cc1. The number of rotatable bonds is 7. The highest BCUT2D eigenvalue weighted by Crippen LogP contribution is 2.32. The highest BCUT2D eigenvalue weighted by Gasteiger charge is 2.37. The number of hydrogen-bond acceptors (Lipinski definition) is 3. The van der Waals surface area contributed by atoms with Crippen molar-refractivity contribution in [2.75, 3.05) is 5.75 Å². The first kappa shape index (κ1) is 19.4. The standard InChI is InChI=1S/C23H25O3S/c1-17(2)23(25)26-19-14-12-18(13-15-19)22(24)16-27(21-10-6-7-11-21)20-8-4-3-5-9-20/h3-5,8-9,12-15,21H,1,6-7,10-11,16H2,2H3/q+1. The summed E-state index contributed by atoms with van der Waals surface area (Å²) in [6.07, 6.45) is 4.94. The van der Waals surface area contributed by atoms with E-state index in [1.165, 1.54) is 30.6 Å². The highest BCUT2D eigenvalue weighted by atomic mass is 32.2. The number of benzene rings is 2. The van der Waals surface area contributed by atoms with Gasteiger partial charge in [-0.1, -0.05) is 24.8 Å². The Morgan fingerprint density at radius 2 is 1.67 bits per heavy atom. The summed E-state index contributed by atoms with van der Waals surface area (Å²) < 4.78 is 5.19. The Morgan fingerprint density at radius 1 is 1.04 bits per heavy atom. The molecule has 0 spiro atoms. The molecule has 3 rings (SSSR count). The fourth-order valence-electron chi connectivity index (χ4n) is 3.29. The molecule has 1 aliphatic carbocycles. The minimum absolute atomic E-state index is 0.0609. The second-order valence-electron chi connectivity index (χ2n) is 6.91. The van der Waals surface area contributed by atoms with Crippen LogP contribution < -0.4 is 4.74 Å². The summed E-state index contributed by atoms with van der Waals surface area (Å²) in [5, 5.41) is 0.604. The van der Waals surface area contributed by atoms with Crippen molar-refractivity contribution in [3.8, 4) is 5.75 Å². The van der Waals surface area contributed by atoms with Gasteiger partial charge in [0.15, 0.2) is 10.6 Å². The normalized spacial score (nSPS) is 15.3. The van der Waals surface area contributed by atoms with Gasteiger partial charge >= 0.3 is 5.97 Å². The fourth-order valence-corrected chi connectivity index (χ4v) is 5.93. The van der Waals surface area contributed by atoms with E-state index in [2.05, 4.69) is 30.8 Å². The zero-order valence-electron chi connectivity index (χ0n) is 15.6. The molecule has 1 unspecified atom stereocenters. The molecule has 140 valence electrons. The number of carbonyl (C=O) groups excluding carboxylic acids is 2. The van der Waals surface area contributed by atoms with E-state index in [1.807, 2.05) is 6.07 Å². The van der Waals surface area contributed by atoms with Gasteiger partial charge in [-0.2, -0.15) is 0 Å². The van der Waals surface area contributed by atoms with Crippen LogP contribution in [0.4, 0.5) is 0 Å². The molecule has 2 aromatic rings. The molecule has 0 radical (unpaired) electrons. The Kier molecular flexibility index (Phi) is 6.51. The van der Waals surface area contributed by atoms with Gasteiger partial charge in [-0.3, -0.25) is 4.79 Å². The summed E-state index contributed by atoms with van der Waals surface area (Å²) in [5.41, 5.74) is 1.01. The van der Waals surface area contributed by atoms with Crippen LogP contribution in [0.2, 0.25) is 0 Å². The fraction of sp³-hybridized carbons (Fsp3) is 0.304. The summed E-state index contributed by atoms with van der Waals surface area (Å²) >= 11 is 0. The third kappa shape index (κ3) is 5.10. The largest absolute Gasteiger partial charge is 0.423 e. The molecule has 2 aromatic carbocycles. The lowest BCUT2D eigenvalue weighted by atomic mass is 10.1. The molecule has 0 saturated heterocycles. The molecule has 1 saturated carbocycles. The van der Waals surface area contributed by atoms with E-state index >= 15 is 0 Å². The molecule has 0 bridgehead atoms. The summed E-state index contributed by atoms with van der Waals surface area (Å²) in [7, 11) is -0.0609. The number of carbonyl (C=O) groups is 2. The Hall–Kier alpha value is -2.33. The smallest absolute Gasteiger partial charge is 0.338 e.